The monoisotopic (exact) mass is 287 g/mol. The van der Waals surface area contributed by atoms with E-state index in [-0.39, 0.29) is 0 Å². The molecule has 3 nitrogen and oxygen atoms in total. The first-order chi connectivity index (χ1) is 9.81. The van der Waals surface area contributed by atoms with Crippen LogP contribution in [0.25, 0.3) is 0 Å². The minimum absolute atomic E-state index is 0.453. The lowest BCUT2D eigenvalue weighted by Crippen LogP contribution is -1.95. The second-order valence-electron chi connectivity index (χ2n) is 4.36. The van der Waals surface area contributed by atoms with Crippen molar-refractivity contribution in [3.8, 4) is 5.75 Å². The van der Waals surface area contributed by atoms with Gasteiger partial charge in [-0.05, 0) is 60.1 Å². The van der Waals surface area contributed by atoms with E-state index in [1.54, 1.807) is 23.9 Å². The zero-order chi connectivity index (χ0) is 14.2. The summed E-state index contributed by atoms with van der Waals surface area (Å²) in [7, 11) is 0. The van der Waals surface area contributed by atoms with Crippen molar-refractivity contribution in [3.05, 3.63) is 53.4 Å². The number of nitroso groups, excluding NO2 is 1. The summed E-state index contributed by atoms with van der Waals surface area (Å²) >= 11 is 1.64. The molecule has 2 aromatic rings. The Morgan fingerprint density at radius 2 is 1.60 bits per heavy atom. The lowest BCUT2D eigenvalue weighted by atomic mass is 10.3. The number of hydrogen-bond acceptors (Lipinski definition) is 4. The van der Waals surface area contributed by atoms with Crippen LogP contribution in [0.3, 0.4) is 0 Å². The molecule has 0 aromatic heterocycles. The maximum atomic E-state index is 10.4. The lowest BCUT2D eigenvalue weighted by molar-refractivity contribution is 0.309. The molecular weight excluding hydrogens is 270 g/mol. The molecule has 0 unspecified atom stereocenters. The average molecular weight is 287 g/mol. The molecule has 0 saturated heterocycles. The number of nitrogens with zero attached hydrogens (tertiary/aromatic N) is 1. The number of ether oxygens (including phenoxy) is 1. The molecule has 0 aliphatic carbocycles. The fraction of sp³-hybridized carbons (Fsp3) is 0.250. The van der Waals surface area contributed by atoms with E-state index in [1.165, 1.54) is 0 Å². The van der Waals surface area contributed by atoms with Gasteiger partial charge in [0.1, 0.15) is 11.4 Å². The van der Waals surface area contributed by atoms with Crippen LogP contribution in [0.4, 0.5) is 5.69 Å². The van der Waals surface area contributed by atoms with Crippen molar-refractivity contribution in [2.75, 3.05) is 6.61 Å². The Kier molecular flexibility index (Phi) is 5.62. The van der Waals surface area contributed by atoms with Gasteiger partial charge in [0, 0.05) is 9.79 Å². The van der Waals surface area contributed by atoms with Crippen LogP contribution in [-0.4, -0.2) is 6.61 Å². The molecule has 0 aliphatic rings. The summed E-state index contributed by atoms with van der Waals surface area (Å²) in [6, 6.07) is 15.3. The van der Waals surface area contributed by atoms with Gasteiger partial charge in [-0.1, -0.05) is 25.1 Å². The minimum atomic E-state index is 0.453. The third-order valence-corrected chi connectivity index (χ3v) is 3.78. The molecule has 0 bridgehead atoms. The average Bonchev–Trinajstić information content (AvgIpc) is 2.50. The third kappa shape index (κ3) is 4.38. The zero-order valence-corrected chi connectivity index (χ0v) is 12.2. The van der Waals surface area contributed by atoms with Gasteiger partial charge in [0.25, 0.3) is 0 Å². The third-order valence-electron chi connectivity index (χ3n) is 2.77. The maximum absolute atomic E-state index is 10.4. The maximum Gasteiger partial charge on any atom is 0.119 e. The first-order valence-corrected chi connectivity index (χ1v) is 7.47. The van der Waals surface area contributed by atoms with Gasteiger partial charge < -0.3 is 4.74 Å². The second kappa shape index (κ2) is 7.70. The van der Waals surface area contributed by atoms with Gasteiger partial charge in [-0.25, -0.2) is 0 Å². The van der Waals surface area contributed by atoms with Crippen molar-refractivity contribution in [1.29, 1.82) is 0 Å². The van der Waals surface area contributed by atoms with E-state index in [2.05, 4.69) is 12.1 Å². The highest BCUT2D eigenvalue weighted by Crippen LogP contribution is 2.30. The highest BCUT2D eigenvalue weighted by atomic mass is 32.2. The quantitative estimate of drug-likeness (QED) is 0.504. The van der Waals surface area contributed by atoms with E-state index in [4.69, 9.17) is 4.74 Å². The van der Waals surface area contributed by atoms with Crippen LogP contribution >= 0.6 is 11.8 Å². The van der Waals surface area contributed by atoms with E-state index in [1.807, 2.05) is 36.4 Å². The largest absolute Gasteiger partial charge is 0.494 e. The predicted octanol–water partition coefficient (Wildman–Crippen LogP) is 5.41. The lowest BCUT2D eigenvalue weighted by Gasteiger charge is -2.06. The Bertz CT molecular complexity index is 537. The Balaban J connectivity index is 1.93. The first-order valence-electron chi connectivity index (χ1n) is 6.66. The number of unbranched alkanes of at least 4 members (excludes halogenated alkanes) is 1. The summed E-state index contributed by atoms with van der Waals surface area (Å²) in [6.07, 6.45) is 2.22. The molecular formula is C16H17NO2S. The summed E-state index contributed by atoms with van der Waals surface area (Å²) in [5, 5.41) is 2.89. The topological polar surface area (TPSA) is 38.7 Å². The van der Waals surface area contributed by atoms with Crippen LogP contribution in [0, 0.1) is 4.91 Å². The van der Waals surface area contributed by atoms with Gasteiger partial charge in [-0.3, -0.25) is 0 Å². The van der Waals surface area contributed by atoms with E-state index in [9.17, 15) is 4.91 Å². The molecule has 20 heavy (non-hydrogen) atoms. The summed E-state index contributed by atoms with van der Waals surface area (Å²) < 4.78 is 5.63. The molecule has 4 heteroatoms. The molecule has 104 valence electrons. The number of benzene rings is 2. The van der Waals surface area contributed by atoms with Crippen molar-refractivity contribution in [1.82, 2.24) is 0 Å². The molecule has 0 fully saturated rings. The van der Waals surface area contributed by atoms with Crippen molar-refractivity contribution >= 4 is 17.4 Å². The SMILES string of the molecule is CCCCOc1ccc(Sc2ccc(N=O)cc2)cc1. The van der Waals surface area contributed by atoms with Crippen molar-refractivity contribution < 1.29 is 4.74 Å². The van der Waals surface area contributed by atoms with Crippen LogP contribution in [-0.2, 0) is 0 Å². The van der Waals surface area contributed by atoms with Gasteiger partial charge in [0.05, 0.1) is 6.61 Å². The standard InChI is InChI=1S/C16H17NO2S/c1-2-3-12-19-14-6-10-16(11-7-14)20-15-8-4-13(17-18)5-9-15/h4-11H,2-3,12H2,1H3. The number of hydrogen-bond donors (Lipinski definition) is 0. The zero-order valence-electron chi connectivity index (χ0n) is 11.4. The van der Waals surface area contributed by atoms with E-state index >= 15 is 0 Å². The molecule has 0 radical (unpaired) electrons. The Labute approximate surface area is 123 Å². The molecule has 0 saturated carbocycles. The van der Waals surface area contributed by atoms with Gasteiger partial charge in [0.15, 0.2) is 0 Å². The molecule has 0 amide bonds. The van der Waals surface area contributed by atoms with Crippen LogP contribution in [0.5, 0.6) is 5.75 Å². The summed E-state index contributed by atoms with van der Waals surface area (Å²) in [5.41, 5.74) is 0.453. The highest BCUT2D eigenvalue weighted by Gasteiger charge is 1.99. The smallest absolute Gasteiger partial charge is 0.119 e. The summed E-state index contributed by atoms with van der Waals surface area (Å²) in [4.78, 5) is 12.6. The Morgan fingerprint density at radius 1 is 1.00 bits per heavy atom. The molecule has 2 aromatic carbocycles. The molecule has 0 heterocycles. The normalized spacial score (nSPS) is 10.2. The van der Waals surface area contributed by atoms with Crippen molar-refractivity contribution in [2.45, 2.75) is 29.6 Å². The van der Waals surface area contributed by atoms with Crippen LogP contribution in [0.15, 0.2) is 63.5 Å². The molecule has 0 aliphatic heterocycles. The molecule has 0 spiro atoms. The van der Waals surface area contributed by atoms with Gasteiger partial charge in [0.2, 0.25) is 0 Å². The highest BCUT2D eigenvalue weighted by molar-refractivity contribution is 7.99. The van der Waals surface area contributed by atoms with Crippen molar-refractivity contribution in [3.63, 3.8) is 0 Å². The number of rotatable bonds is 7. The first kappa shape index (κ1) is 14.6. The van der Waals surface area contributed by atoms with E-state index in [0.29, 0.717) is 5.69 Å². The van der Waals surface area contributed by atoms with E-state index < -0.39 is 0 Å². The molecule has 2 rings (SSSR count). The van der Waals surface area contributed by atoms with E-state index in [0.717, 1.165) is 35.0 Å². The van der Waals surface area contributed by atoms with Crippen LogP contribution in [0.2, 0.25) is 0 Å². The van der Waals surface area contributed by atoms with Crippen LogP contribution < -0.4 is 4.74 Å². The van der Waals surface area contributed by atoms with Gasteiger partial charge >= 0.3 is 0 Å². The summed E-state index contributed by atoms with van der Waals surface area (Å²) in [5.74, 6) is 0.906. The van der Waals surface area contributed by atoms with Gasteiger partial charge in [-0.2, -0.15) is 0 Å². The summed E-state index contributed by atoms with van der Waals surface area (Å²) in [6.45, 7) is 2.91. The molecule has 0 N–H and O–H groups in total. The Morgan fingerprint density at radius 3 is 2.15 bits per heavy atom. The fourth-order valence-corrected chi connectivity index (χ4v) is 2.47. The molecule has 0 atom stereocenters. The predicted molar refractivity (Wildman–Crippen MR) is 82.9 cm³/mol. The Hall–Kier alpha value is -1.81. The second-order valence-corrected chi connectivity index (χ2v) is 5.51. The fourth-order valence-electron chi connectivity index (χ4n) is 1.65. The van der Waals surface area contributed by atoms with Crippen molar-refractivity contribution in [2.24, 2.45) is 5.18 Å². The minimum Gasteiger partial charge on any atom is -0.494 e. The van der Waals surface area contributed by atoms with Crippen LogP contribution in [0.1, 0.15) is 19.8 Å². The van der Waals surface area contributed by atoms with Gasteiger partial charge in [-0.15, -0.1) is 4.91 Å².